The summed E-state index contributed by atoms with van der Waals surface area (Å²) in [5.41, 5.74) is 0.500. The second kappa shape index (κ2) is 11.2. The highest BCUT2D eigenvalue weighted by molar-refractivity contribution is 7.17. The Morgan fingerprint density at radius 3 is 2.91 bits per heavy atom. The Hall–Kier alpha value is -3.30. The Balaban J connectivity index is 1.35. The number of fused-ring (bicyclic) bond motifs is 4. The topological polar surface area (TPSA) is 83.7 Å². The van der Waals surface area contributed by atoms with Gasteiger partial charge in [0.05, 0.1) is 39.4 Å². The molecular formula is C33H32ClF2N5O3S. The summed E-state index contributed by atoms with van der Waals surface area (Å²) in [5.74, 6) is 0.162. The summed E-state index contributed by atoms with van der Waals surface area (Å²) >= 11 is 8.16. The van der Waals surface area contributed by atoms with E-state index in [0.29, 0.717) is 67.5 Å². The minimum atomic E-state index is -0.697. The molecule has 4 aliphatic heterocycles. The van der Waals surface area contributed by atoms with Crippen LogP contribution in [-0.2, 0) is 4.74 Å². The molecule has 0 aliphatic carbocycles. The van der Waals surface area contributed by atoms with E-state index in [1.807, 2.05) is 0 Å². The zero-order chi connectivity index (χ0) is 30.9. The van der Waals surface area contributed by atoms with Crippen LogP contribution in [0.2, 0.25) is 5.02 Å². The summed E-state index contributed by atoms with van der Waals surface area (Å²) in [4.78, 5) is 14.3. The van der Waals surface area contributed by atoms with Crippen LogP contribution in [-0.4, -0.2) is 72.5 Å². The van der Waals surface area contributed by atoms with Crippen LogP contribution < -0.4 is 14.4 Å². The normalized spacial score (nSPS) is 24.9. The molecule has 3 atom stereocenters. The van der Waals surface area contributed by atoms with Gasteiger partial charge in [0.25, 0.3) is 0 Å². The third-order valence-corrected chi connectivity index (χ3v) is 11.3. The Morgan fingerprint density at radius 1 is 1.18 bits per heavy atom. The van der Waals surface area contributed by atoms with Crippen LogP contribution in [0.15, 0.2) is 17.5 Å². The number of aromatic nitrogens is 2. The average molecular weight is 652 g/mol. The average Bonchev–Trinajstić information content (AvgIpc) is 3.66. The quantitative estimate of drug-likeness (QED) is 0.235. The molecule has 2 unspecified atom stereocenters. The minimum Gasteiger partial charge on any atom is -0.491 e. The number of anilines is 1. The fraction of sp³-hybridized carbons (Fsp3) is 0.485. The molecule has 0 radical (unpaired) electrons. The van der Waals surface area contributed by atoms with Crippen LogP contribution in [0.4, 0.5) is 14.6 Å². The monoisotopic (exact) mass is 651 g/mol. The smallest absolute Gasteiger partial charge is 0.319 e. The maximum Gasteiger partial charge on any atom is 0.319 e. The molecule has 3 saturated heterocycles. The number of hydrogen-bond acceptors (Lipinski definition) is 9. The summed E-state index contributed by atoms with van der Waals surface area (Å²) in [6.45, 7) is 6.79. The standard InChI is InChI=1S/C33H32ClF2N5O3S/c1-18-13-33(7-2-8-40(33)15-18)17-44-32-38-28-25-29(43-11-6-20-5-10-42-12-9-41(20)31(25)39-32)26(34)24(27(28)36)21-3-4-22(35)30-23(21)19(14-37)16-45-30/h3-4,16,18,20H,2,5-13,15,17H2,1H3/t18-,20?,33?/m1/s1. The van der Waals surface area contributed by atoms with Crippen molar-refractivity contribution in [2.24, 2.45) is 5.92 Å². The van der Waals surface area contributed by atoms with E-state index in [4.69, 9.17) is 35.8 Å². The zero-order valence-corrected chi connectivity index (χ0v) is 26.4. The summed E-state index contributed by atoms with van der Waals surface area (Å²) in [6.07, 6.45) is 4.65. The predicted octanol–water partition coefficient (Wildman–Crippen LogP) is 6.95. The molecule has 0 bridgehead atoms. The lowest BCUT2D eigenvalue weighted by atomic mass is 9.92. The highest BCUT2D eigenvalue weighted by Gasteiger charge is 2.48. The van der Waals surface area contributed by atoms with E-state index in [2.05, 4.69) is 22.8 Å². The van der Waals surface area contributed by atoms with E-state index in [-0.39, 0.29) is 49.7 Å². The molecule has 8 nitrogen and oxygen atoms in total. The lowest BCUT2D eigenvalue weighted by molar-refractivity contribution is 0.107. The van der Waals surface area contributed by atoms with Gasteiger partial charge in [-0.3, -0.25) is 4.90 Å². The van der Waals surface area contributed by atoms with E-state index < -0.39 is 11.6 Å². The third kappa shape index (κ3) is 4.63. The van der Waals surface area contributed by atoms with Gasteiger partial charge in [-0.25, -0.2) is 8.78 Å². The molecule has 8 rings (SSSR count). The molecule has 3 fully saturated rings. The third-order valence-electron chi connectivity index (χ3n) is 9.96. The first kappa shape index (κ1) is 29.1. The molecule has 0 saturated carbocycles. The van der Waals surface area contributed by atoms with E-state index in [9.17, 15) is 9.65 Å². The molecule has 4 aromatic rings. The number of nitriles is 1. The van der Waals surface area contributed by atoms with Crippen LogP contribution in [0.25, 0.3) is 32.1 Å². The number of ether oxygens (including phenoxy) is 3. The summed E-state index contributed by atoms with van der Waals surface area (Å²) in [5, 5.41) is 12.1. The Kier molecular flexibility index (Phi) is 7.24. The van der Waals surface area contributed by atoms with Crippen molar-refractivity contribution < 1.29 is 23.0 Å². The van der Waals surface area contributed by atoms with Gasteiger partial charge in [-0.2, -0.15) is 15.2 Å². The molecule has 45 heavy (non-hydrogen) atoms. The number of halogens is 3. The number of rotatable bonds is 4. The van der Waals surface area contributed by atoms with Gasteiger partial charge in [-0.05, 0) is 49.8 Å². The molecule has 2 aromatic carbocycles. The lowest BCUT2D eigenvalue weighted by Gasteiger charge is -2.34. The number of benzene rings is 2. The van der Waals surface area contributed by atoms with Crippen LogP contribution in [0.3, 0.4) is 0 Å². The van der Waals surface area contributed by atoms with Crippen molar-refractivity contribution in [1.29, 1.82) is 5.26 Å². The van der Waals surface area contributed by atoms with Crippen molar-refractivity contribution in [3.8, 4) is 29.0 Å². The maximum atomic E-state index is 17.1. The second-order valence-corrected chi connectivity index (χ2v) is 14.0. The zero-order valence-electron chi connectivity index (χ0n) is 24.9. The van der Waals surface area contributed by atoms with E-state index >= 15 is 4.39 Å². The number of nitrogens with zero attached hydrogens (tertiary/aromatic N) is 5. The highest BCUT2D eigenvalue weighted by Crippen LogP contribution is 2.50. The van der Waals surface area contributed by atoms with Crippen molar-refractivity contribution in [3.05, 3.63) is 39.7 Å². The molecule has 0 spiro atoms. The lowest BCUT2D eigenvalue weighted by Crippen LogP contribution is -2.43. The summed E-state index contributed by atoms with van der Waals surface area (Å²) in [6, 6.07) is 5.02. The molecule has 0 amide bonds. The first-order valence-electron chi connectivity index (χ1n) is 15.6. The molecule has 2 aromatic heterocycles. The van der Waals surface area contributed by atoms with Gasteiger partial charge < -0.3 is 19.1 Å². The molecule has 12 heteroatoms. The molecule has 6 heterocycles. The van der Waals surface area contributed by atoms with Gasteiger partial charge in [-0.1, -0.05) is 24.6 Å². The SMILES string of the molecule is C[C@H]1CN2CCCC2(COc2nc3c4c(c(Cl)c(-c5ccc(F)c6scc(C#N)c56)c(F)c4n2)OCCC2CCOCCN32)C1. The van der Waals surface area contributed by atoms with E-state index in [0.717, 1.165) is 50.1 Å². The molecule has 0 N–H and O–H groups in total. The van der Waals surface area contributed by atoms with Crippen molar-refractivity contribution in [3.63, 3.8) is 0 Å². The second-order valence-electron chi connectivity index (χ2n) is 12.7. The van der Waals surface area contributed by atoms with Crippen molar-refractivity contribution in [2.45, 2.75) is 50.6 Å². The van der Waals surface area contributed by atoms with E-state index in [1.165, 1.54) is 12.1 Å². The van der Waals surface area contributed by atoms with Crippen molar-refractivity contribution >= 4 is 49.7 Å². The highest BCUT2D eigenvalue weighted by atomic mass is 35.5. The number of hydrogen-bond donors (Lipinski definition) is 0. The van der Waals surface area contributed by atoms with Crippen LogP contribution in [0.1, 0.15) is 44.6 Å². The van der Waals surface area contributed by atoms with Crippen LogP contribution >= 0.6 is 22.9 Å². The van der Waals surface area contributed by atoms with Crippen molar-refractivity contribution in [2.75, 3.05) is 51.0 Å². The van der Waals surface area contributed by atoms with Gasteiger partial charge in [-0.15, -0.1) is 11.3 Å². The largest absolute Gasteiger partial charge is 0.491 e. The molecule has 4 aliphatic rings. The fourth-order valence-electron chi connectivity index (χ4n) is 8.01. The Labute approximate surface area is 268 Å². The fourth-order valence-corrected chi connectivity index (χ4v) is 9.26. The minimum absolute atomic E-state index is 0.0103. The van der Waals surface area contributed by atoms with Crippen LogP contribution in [0.5, 0.6) is 11.8 Å². The van der Waals surface area contributed by atoms with Crippen molar-refractivity contribution in [1.82, 2.24) is 14.9 Å². The van der Waals surface area contributed by atoms with Gasteiger partial charge in [0, 0.05) is 48.5 Å². The van der Waals surface area contributed by atoms with Gasteiger partial charge in [0.2, 0.25) is 0 Å². The molecular weight excluding hydrogens is 620 g/mol. The first-order chi connectivity index (χ1) is 21.9. The number of thiophene rings is 1. The maximum absolute atomic E-state index is 17.1. The van der Waals surface area contributed by atoms with Crippen LogP contribution in [0, 0.1) is 28.9 Å². The van der Waals surface area contributed by atoms with Gasteiger partial charge >= 0.3 is 6.01 Å². The van der Waals surface area contributed by atoms with E-state index in [1.54, 1.807) is 5.38 Å². The summed E-state index contributed by atoms with van der Waals surface area (Å²) < 4.78 is 50.8. The Bertz CT molecular complexity index is 1880. The van der Waals surface area contributed by atoms with Gasteiger partial charge in [0.1, 0.15) is 29.8 Å². The summed E-state index contributed by atoms with van der Waals surface area (Å²) in [7, 11) is 0. The Morgan fingerprint density at radius 2 is 2.04 bits per heavy atom. The molecule has 234 valence electrons. The first-order valence-corrected chi connectivity index (χ1v) is 16.8. The predicted molar refractivity (Wildman–Crippen MR) is 169 cm³/mol. The van der Waals surface area contributed by atoms with Gasteiger partial charge in [0.15, 0.2) is 11.6 Å².